The van der Waals surface area contributed by atoms with E-state index in [1.165, 1.54) is 4.90 Å². The van der Waals surface area contributed by atoms with E-state index in [4.69, 9.17) is 0 Å². The summed E-state index contributed by atoms with van der Waals surface area (Å²) in [5, 5.41) is 9.77. The maximum atomic E-state index is 12.4. The first-order chi connectivity index (χ1) is 8.34. The average Bonchev–Trinajstić information content (AvgIpc) is 2.78. The first kappa shape index (κ1) is 12.2. The minimum atomic E-state index is -0.400. The molecule has 2 amide bonds. The number of hydrogen-bond donors (Lipinski definition) is 1. The molecule has 0 aromatic rings. The molecule has 18 heavy (non-hydrogen) atoms. The third-order valence-electron chi connectivity index (χ3n) is 5.38. The number of imide groups is 1. The Bertz CT molecular complexity index is 393. The van der Waals surface area contributed by atoms with Gasteiger partial charge in [-0.2, -0.15) is 0 Å². The molecule has 3 aliphatic rings. The Morgan fingerprint density at radius 1 is 1.11 bits per heavy atom. The molecule has 0 radical (unpaired) electrons. The number of likely N-dealkylation sites (tertiary alicyclic amines) is 1. The van der Waals surface area contributed by atoms with Crippen molar-refractivity contribution in [2.45, 2.75) is 52.2 Å². The van der Waals surface area contributed by atoms with E-state index < -0.39 is 6.10 Å². The Balaban J connectivity index is 1.84. The number of rotatable bonds is 1. The zero-order valence-corrected chi connectivity index (χ0v) is 11.2. The highest BCUT2D eigenvalue weighted by molar-refractivity contribution is 6.06. The molecule has 4 heteroatoms. The normalized spacial score (nSPS) is 46.2. The molecule has 4 atom stereocenters. The van der Waals surface area contributed by atoms with Crippen LogP contribution < -0.4 is 0 Å². The fraction of sp³-hybridized carbons (Fsp3) is 0.857. The van der Waals surface area contributed by atoms with Crippen molar-refractivity contribution in [1.29, 1.82) is 0 Å². The molecular weight excluding hydrogens is 230 g/mol. The number of nitrogens with zero attached hydrogens (tertiary/aromatic N) is 1. The van der Waals surface area contributed by atoms with Crippen molar-refractivity contribution in [3.63, 3.8) is 0 Å². The van der Waals surface area contributed by atoms with Crippen molar-refractivity contribution in [3.05, 3.63) is 0 Å². The molecule has 0 aromatic heterocycles. The van der Waals surface area contributed by atoms with Crippen molar-refractivity contribution in [1.82, 2.24) is 4.90 Å². The van der Waals surface area contributed by atoms with Crippen LogP contribution >= 0.6 is 0 Å². The van der Waals surface area contributed by atoms with Crippen LogP contribution in [-0.2, 0) is 9.59 Å². The van der Waals surface area contributed by atoms with E-state index in [1.807, 2.05) is 13.8 Å². The molecule has 0 aromatic carbocycles. The van der Waals surface area contributed by atoms with Gasteiger partial charge in [-0.15, -0.1) is 0 Å². The Kier molecular flexibility index (Phi) is 2.40. The van der Waals surface area contributed by atoms with E-state index in [0.717, 1.165) is 12.8 Å². The van der Waals surface area contributed by atoms with Crippen LogP contribution in [0.3, 0.4) is 0 Å². The second-order valence-electron chi connectivity index (χ2n) is 6.92. The SMILES string of the molecule is CC1CC2C(=O)N(C3CC(O)C3(C)C)C(=O)C2C1. The van der Waals surface area contributed by atoms with Gasteiger partial charge >= 0.3 is 0 Å². The van der Waals surface area contributed by atoms with E-state index in [-0.39, 0.29) is 35.1 Å². The summed E-state index contributed by atoms with van der Waals surface area (Å²) in [4.78, 5) is 26.3. The minimum Gasteiger partial charge on any atom is -0.392 e. The highest BCUT2D eigenvalue weighted by Crippen LogP contribution is 2.50. The summed E-state index contributed by atoms with van der Waals surface area (Å²) in [6.07, 6.45) is 1.84. The van der Waals surface area contributed by atoms with Crippen LogP contribution in [0, 0.1) is 23.2 Å². The molecule has 3 fully saturated rings. The molecule has 100 valence electrons. The molecule has 2 aliphatic carbocycles. The lowest BCUT2D eigenvalue weighted by atomic mass is 9.64. The first-order valence-electron chi connectivity index (χ1n) is 6.89. The van der Waals surface area contributed by atoms with Gasteiger partial charge in [0.2, 0.25) is 11.8 Å². The van der Waals surface area contributed by atoms with Gasteiger partial charge in [0, 0.05) is 11.5 Å². The van der Waals surface area contributed by atoms with Gasteiger partial charge in [-0.25, -0.2) is 0 Å². The summed E-state index contributed by atoms with van der Waals surface area (Å²) >= 11 is 0. The molecular formula is C14H21NO3. The number of carbonyl (C=O) groups is 2. The molecule has 1 saturated heterocycles. The third kappa shape index (κ3) is 1.35. The second kappa shape index (κ2) is 3.56. The highest BCUT2D eigenvalue weighted by atomic mass is 16.3. The van der Waals surface area contributed by atoms with Gasteiger partial charge in [0.15, 0.2) is 0 Å². The van der Waals surface area contributed by atoms with Crippen LogP contribution in [-0.4, -0.2) is 34.0 Å². The van der Waals surface area contributed by atoms with Gasteiger partial charge in [-0.05, 0) is 25.2 Å². The van der Waals surface area contributed by atoms with Crippen LogP contribution in [0.5, 0.6) is 0 Å². The number of aliphatic hydroxyl groups is 1. The van der Waals surface area contributed by atoms with E-state index >= 15 is 0 Å². The molecule has 3 rings (SSSR count). The van der Waals surface area contributed by atoms with E-state index in [9.17, 15) is 14.7 Å². The molecule has 2 saturated carbocycles. The van der Waals surface area contributed by atoms with Gasteiger partial charge < -0.3 is 5.11 Å². The molecule has 1 heterocycles. The van der Waals surface area contributed by atoms with Crippen LogP contribution in [0.1, 0.15) is 40.0 Å². The average molecular weight is 251 g/mol. The Hall–Kier alpha value is -0.900. The Morgan fingerprint density at radius 2 is 1.61 bits per heavy atom. The quantitative estimate of drug-likeness (QED) is 0.712. The fourth-order valence-corrected chi connectivity index (χ4v) is 3.93. The van der Waals surface area contributed by atoms with Crippen molar-refractivity contribution < 1.29 is 14.7 Å². The van der Waals surface area contributed by atoms with Crippen LogP contribution in [0.2, 0.25) is 0 Å². The number of fused-ring (bicyclic) bond motifs is 1. The molecule has 4 unspecified atom stereocenters. The topological polar surface area (TPSA) is 57.6 Å². The van der Waals surface area contributed by atoms with Crippen molar-refractivity contribution in [2.24, 2.45) is 23.2 Å². The summed E-state index contributed by atoms with van der Waals surface area (Å²) in [5.41, 5.74) is -0.352. The summed E-state index contributed by atoms with van der Waals surface area (Å²) in [5.74, 6) is 0.343. The third-order valence-corrected chi connectivity index (χ3v) is 5.38. The number of hydrogen-bond acceptors (Lipinski definition) is 3. The van der Waals surface area contributed by atoms with Gasteiger partial charge in [0.1, 0.15) is 0 Å². The fourth-order valence-electron chi connectivity index (χ4n) is 3.93. The lowest BCUT2D eigenvalue weighted by molar-refractivity contribution is -0.163. The van der Waals surface area contributed by atoms with Crippen molar-refractivity contribution in [3.8, 4) is 0 Å². The molecule has 1 N–H and O–H groups in total. The lowest BCUT2D eigenvalue weighted by Gasteiger charge is -2.52. The standard InChI is InChI=1S/C14H21NO3/c1-7-4-8-9(5-7)13(18)15(12(8)17)10-6-11(16)14(10,2)3/h7-11,16H,4-6H2,1-3H3. The first-order valence-corrected chi connectivity index (χ1v) is 6.89. The van der Waals surface area contributed by atoms with Gasteiger partial charge in [-0.1, -0.05) is 20.8 Å². The lowest BCUT2D eigenvalue weighted by Crippen LogP contribution is -2.62. The summed E-state index contributed by atoms with van der Waals surface area (Å²) < 4.78 is 0. The predicted molar refractivity (Wildman–Crippen MR) is 65.4 cm³/mol. The van der Waals surface area contributed by atoms with E-state index in [1.54, 1.807) is 0 Å². The van der Waals surface area contributed by atoms with Crippen LogP contribution in [0.25, 0.3) is 0 Å². The maximum Gasteiger partial charge on any atom is 0.233 e. The zero-order chi connectivity index (χ0) is 13.2. The number of carbonyl (C=O) groups excluding carboxylic acids is 2. The zero-order valence-electron chi connectivity index (χ0n) is 11.2. The number of amides is 2. The largest absolute Gasteiger partial charge is 0.392 e. The van der Waals surface area contributed by atoms with Crippen molar-refractivity contribution in [2.75, 3.05) is 0 Å². The molecule has 1 aliphatic heterocycles. The van der Waals surface area contributed by atoms with E-state index in [0.29, 0.717) is 12.3 Å². The Morgan fingerprint density at radius 3 is 2.00 bits per heavy atom. The van der Waals surface area contributed by atoms with Gasteiger partial charge in [-0.3, -0.25) is 14.5 Å². The van der Waals surface area contributed by atoms with Crippen LogP contribution in [0.15, 0.2) is 0 Å². The van der Waals surface area contributed by atoms with Crippen LogP contribution in [0.4, 0.5) is 0 Å². The summed E-state index contributed by atoms with van der Waals surface area (Å²) in [7, 11) is 0. The van der Waals surface area contributed by atoms with Crippen molar-refractivity contribution >= 4 is 11.8 Å². The number of aliphatic hydroxyl groups excluding tert-OH is 1. The van der Waals surface area contributed by atoms with E-state index in [2.05, 4.69) is 6.92 Å². The smallest absolute Gasteiger partial charge is 0.233 e. The molecule has 0 spiro atoms. The maximum absolute atomic E-state index is 12.4. The molecule has 4 nitrogen and oxygen atoms in total. The molecule has 0 bridgehead atoms. The monoisotopic (exact) mass is 251 g/mol. The predicted octanol–water partition coefficient (Wildman–Crippen LogP) is 1.18. The minimum absolute atomic E-state index is 0.0133. The van der Waals surface area contributed by atoms with Gasteiger partial charge in [0.05, 0.1) is 17.9 Å². The Labute approximate surface area is 107 Å². The van der Waals surface area contributed by atoms with Gasteiger partial charge in [0.25, 0.3) is 0 Å². The summed E-state index contributed by atoms with van der Waals surface area (Å²) in [6, 6.07) is -0.103. The summed E-state index contributed by atoms with van der Waals surface area (Å²) in [6.45, 7) is 5.98. The highest BCUT2D eigenvalue weighted by Gasteiger charge is 2.60. The second-order valence-corrected chi connectivity index (χ2v) is 6.92.